The molecular formula is C21H18ClF3N4O5S. The fourth-order valence-corrected chi connectivity index (χ4v) is 4.58. The molecule has 0 aliphatic carbocycles. The van der Waals surface area contributed by atoms with Crippen LogP contribution in [0.5, 0.6) is 0 Å². The monoisotopic (exact) mass is 530 g/mol. The van der Waals surface area contributed by atoms with E-state index in [4.69, 9.17) is 16.3 Å². The van der Waals surface area contributed by atoms with Crippen molar-refractivity contribution < 1.29 is 37.3 Å². The molecule has 35 heavy (non-hydrogen) atoms. The zero-order chi connectivity index (χ0) is 25.3. The van der Waals surface area contributed by atoms with Crippen LogP contribution in [0.1, 0.15) is 23.0 Å². The highest BCUT2D eigenvalue weighted by Crippen LogP contribution is 2.37. The molecule has 1 saturated heterocycles. The van der Waals surface area contributed by atoms with Crippen LogP contribution >= 0.6 is 22.9 Å². The second-order valence-corrected chi connectivity index (χ2v) is 9.06. The lowest BCUT2D eigenvalue weighted by Crippen LogP contribution is -2.43. The number of amidine groups is 1. The zero-order valence-corrected chi connectivity index (χ0v) is 19.6. The van der Waals surface area contributed by atoms with Gasteiger partial charge in [0.1, 0.15) is 17.9 Å². The molecule has 2 aliphatic heterocycles. The zero-order valence-electron chi connectivity index (χ0n) is 18.0. The number of carbonyl (C=O) groups is 2. The predicted molar refractivity (Wildman–Crippen MR) is 119 cm³/mol. The fourth-order valence-electron chi connectivity index (χ4n) is 3.84. The third kappa shape index (κ3) is 5.41. The van der Waals surface area contributed by atoms with E-state index in [-0.39, 0.29) is 27.9 Å². The van der Waals surface area contributed by atoms with Crippen molar-refractivity contribution in [3.05, 3.63) is 62.6 Å². The molecule has 1 aromatic heterocycles. The van der Waals surface area contributed by atoms with E-state index in [9.17, 15) is 27.9 Å². The molecule has 3 heterocycles. The molecule has 0 saturated carbocycles. The molecule has 0 bridgehead atoms. The van der Waals surface area contributed by atoms with Gasteiger partial charge in [0.25, 0.3) is 5.92 Å². The standard InChI is InChI=1S/C21H18ClF3N4O5S/c1-33-20(32)34-16-13(8-29-9-21(24,25)7-14(29)19(30)31)27-17(18-26-4-5-35-18)28-15(16)11-3-2-10(22)6-12(11)23/h2-6,14-15H,7-9H2,1H3,(H,27,28)(H,30,31)/t14-,15+/m0/s1. The van der Waals surface area contributed by atoms with Crippen LogP contribution in [0.25, 0.3) is 0 Å². The number of hydrogen-bond acceptors (Lipinski definition) is 9. The highest BCUT2D eigenvalue weighted by molar-refractivity contribution is 7.11. The lowest BCUT2D eigenvalue weighted by atomic mass is 10.0. The maximum Gasteiger partial charge on any atom is 0.513 e. The SMILES string of the molecule is COC(=O)OC1=C(CN2CC(F)(F)C[C@H]2C(=O)O)NC(c2nccs2)=N[C@@H]1c1ccc(Cl)cc1F. The van der Waals surface area contributed by atoms with E-state index in [1.54, 1.807) is 5.38 Å². The lowest BCUT2D eigenvalue weighted by Gasteiger charge is -2.30. The number of nitrogens with one attached hydrogen (secondary N) is 1. The van der Waals surface area contributed by atoms with Gasteiger partial charge in [0, 0.05) is 35.1 Å². The maximum absolute atomic E-state index is 14.9. The number of aliphatic imine (C=N–C) groups is 1. The molecule has 2 atom stereocenters. The number of halogens is 4. The smallest absolute Gasteiger partial charge is 0.480 e. The average Bonchev–Trinajstić information content (AvgIpc) is 3.42. The van der Waals surface area contributed by atoms with Gasteiger partial charge in [-0.1, -0.05) is 17.7 Å². The first-order valence-corrected chi connectivity index (χ1v) is 11.4. The van der Waals surface area contributed by atoms with Crippen LogP contribution in [0.3, 0.4) is 0 Å². The summed E-state index contributed by atoms with van der Waals surface area (Å²) in [6, 6.07) is 1.06. The lowest BCUT2D eigenvalue weighted by molar-refractivity contribution is -0.142. The van der Waals surface area contributed by atoms with Crippen LogP contribution in [-0.4, -0.2) is 65.1 Å². The number of hydrogen-bond donors (Lipinski definition) is 2. The van der Waals surface area contributed by atoms with Gasteiger partial charge in [-0.25, -0.2) is 27.9 Å². The van der Waals surface area contributed by atoms with Crippen LogP contribution in [-0.2, 0) is 14.3 Å². The number of thiazole rings is 1. The maximum atomic E-state index is 14.9. The molecule has 0 unspecified atom stereocenters. The number of nitrogens with zero attached hydrogens (tertiary/aromatic N) is 3. The Balaban J connectivity index is 1.82. The summed E-state index contributed by atoms with van der Waals surface area (Å²) in [5, 5.41) is 14.6. The van der Waals surface area contributed by atoms with Crippen molar-refractivity contribution in [1.82, 2.24) is 15.2 Å². The summed E-state index contributed by atoms with van der Waals surface area (Å²) in [7, 11) is 1.06. The highest BCUT2D eigenvalue weighted by atomic mass is 35.5. The molecule has 0 spiro atoms. The molecule has 186 valence electrons. The molecule has 0 amide bonds. The summed E-state index contributed by atoms with van der Waals surface area (Å²) in [6.07, 6.45) is -0.535. The van der Waals surface area contributed by atoms with E-state index in [2.05, 4.69) is 20.0 Å². The van der Waals surface area contributed by atoms with Gasteiger partial charge in [-0.3, -0.25) is 9.69 Å². The van der Waals surface area contributed by atoms with Crippen molar-refractivity contribution in [3.63, 3.8) is 0 Å². The number of carboxylic acid groups (broad SMARTS) is 1. The number of likely N-dealkylation sites (tertiary alicyclic amines) is 1. The summed E-state index contributed by atoms with van der Waals surface area (Å²) in [5.74, 6) is -5.51. The number of aromatic nitrogens is 1. The third-order valence-corrected chi connectivity index (χ3v) is 6.35. The van der Waals surface area contributed by atoms with Crippen molar-refractivity contribution >= 4 is 40.9 Å². The number of rotatable bonds is 6. The van der Waals surface area contributed by atoms with Crippen LogP contribution in [0, 0.1) is 5.82 Å². The van der Waals surface area contributed by atoms with Crippen molar-refractivity contribution in [1.29, 1.82) is 0 Å². The van der Waals surface area contributed by atoms with E-state index in [1.807, 2.05) is 0 Å². The van der Waals surface area contributed by atoms with Gasteiger partial charge in [0.2, 0.25) is 0 Å². The minimum Gasteiger partial charge on any atom is -0.480 e. The normalized spacial score (nSPS) is 21.9. The second kappa shape index (κ2) is 9.84. The van der Waals surface area contributed by atoms with Crippen LogP contribution in [0.2, 0.25) is 5.02 Å². The Labute approximate surface area is 205 Å². The quantitative estimate of drug-likeness (QED) is 0.542. The minimum absolute atomic E-state index is 0.0251. The van der Waals surface area contributed by atoms with Gasteiger partial charge in [-0.05, 0) is 12.1 Å². The molecule has 14 heteroatoms. The Kier molecular flexibility index (Phi) is 7.01. The van der Waals surface area contributed by atoms with E-state index in [0.717, 1.165) is 18.1 Å². The number of ether oxygens (including phenoxy) is 2. The van der Waals surface area contributed by atoms with Crippen molar-refractivity contribution in [2.75, 3.05) is 20.2 Å². The molecule has 1 aromatic carbocycles. The van der Waals surface area contributed by atoms with Gasteiger partial charge in [0.15, 0.2) is 16.6 Å². The van der Waals surface area contributed by atoms with E-state index < -0.39 is 55.5 Å². The summed E-state index contributed by atoms with van der Waals surface area (Å²) >= 11 is 7.08. The van der Waals surface area contributed by atoms with Gasteiger partial charge in [0.05, 0.1) is 19.4 Å². The number of aliphatic carboxylic acids is 1. The number of alkyl halides is 2. The summed E-state index contributed by atoms with van der Waals surface area (Å²) in [4.78, 5) is 33.4. The Morgan fingerprint density at radius 1 is 1.40 bits per heavy atom. The van der Waals surface area contributed by atoms with Crippen molar-refractivity contribution in [2.24, 2.45) is 4.99 Å². The Bertz CT molecular complexity index is 1210. The van der Waals surface area contributed by atoms with Gasteiger partial charge < -0.3 is 19.9 Å². The first-order valence-electron chi connectivity index (χ1n) is 10.1. The molecule has 2 aromatic rings. The topological polar surface area (TPSA) is 113 Å². The third-order valence-electron chi connectivity index (χ3n) is 5.34. The number of benzene rings is 1. The molecular weight excluding hydrogens is 513 g/mol. The van der Waals surface area contributed by atoms with E-state index in [1.165, 1.54) is 29.7 Å². The van der Waals surface area contributed by atoms with Gasteiger partial charge in [-0.15, -0.1) is 11.3 Å². The number of carboxylic acids is 1. The van der Waals surface area contributed by atoms with Gasteiger partial charge in [-0.2, -0.15) is 0 Å². The highest BCUT2D eigenvalue weighted by Gasteiger charge is 2.49. The summed E-state index contributed by atoms with van der Waals surface area (Å²) in [6.45, 7) is -1.24. The van der Waals surface area contributed by atoms with E-state index in [0.29, 0.717) is 5.01 Å². The van der Waals surface area contributed by atoms with E-state index >= 15 is 0 Å². The first kappa shape index (κ1) is 24.9. The van der Waals surface area contributed by atoms with Crippen LogP contribution < -0.4 is 5.32 Å². The molecule has 2 N–H and O–H groups in total. The van der Waals surface area contributed by atoms with Gasteiger partial charge >= 0.3 is 12.1 Å². The Hall–Kier alpha value is -3.16. The van der Waals surface area contributed by atoms with Crippen LogP contribution in [0.15, 0.2) is 46.2 Å². The van der Waals surface area contributed by atoms with Crippen molar-refractivity contribution in [3.8, 4) is 0 Å². The molecule has 0 radical (unpaired) electrons. The number of methoxy groups -OCH3 is 1. The summed E-state index contributed by atoms with van der Waals surface area (Å²) < 4.78 is 53.0. The Morgan fingerprint density at radius 3 is 2.80 bits per heavy atom. The fraction of sp³-hybridized carbons (Fsp3) is 0.333. The minimum atomic E-state index is -3.24. The molecule has 1 fully saturated rings. The first-order chi connectivity index (χ1) is 16.6. The number of carbonyl (C=O) groups excluding carboxylic acids is 1. The van der Waals surface area contributed by atoms with Crippen molar-refractivity contribution in [2.45, 2.75) is 24.4 Å². The Morgan fingerprint density at radius 2 is 2.17 bits per heavy atom. The summed E-state index contributed by atoms with van der Waals surface area (Å²) in [5.41, 5.74) is 0.00166. The van der Waals surface area contributed by atoms with Crippen LogP contribution in [0.4, 0.5) is 18.0 Å². The molecule has 2 aliphatic rings. The predicted octanol–water partition coefficient (Wildman–Crippen LogP) is 3.82. The average molecular weight is 531 g/mol. The molecule has 4 rings (SSSR count). The molecule has 9 nitrogen and oxygen atoms in total. The second-order valence-electron chi connectivity index (χ2n) is 7.73. The largest absolute Gasteiger partial charge is 0.513 e.